The van der Waals surface area contributed by atoms with Crippen molar-refractivity contribution >= 4 is 24.9 Å². The summed E-state index contributed by atoms with van der Waals surface area (Å²) in [6.07, 6.45) is 2.42. The zero-order valence-electron chi connectivity index (χ0n) is 16.3. The molecule has 3 N–H and O–H groups in total. The first-order valence-electron chi connectivity index (χ1n) is 9.91. The van der Waals surface area contributed by atoms with E-state index in [0.717, 1.165) is 32.1 Å². The first-order valence-corrected chi connectivity index (χ1v) is 11.4. The second kappa shape index (κ2) is 7.10. The molecule has 1 saturated carbocycles. The van der Waals surface area contributed by atoms with E-state index in [4.69, 9.17) is 24.0 Å². The van der Waals surface area contributed by atoms with Gasteiger partial charge in [0.1, 0.15) is 12.2 Å². The van der Waals surface area contributed by atoms with Crippen LogP contribution in [-0.4, -0.2) is 55.2 Å². The predicted octanol–water partition coefficient (Wildman–Crippen LogP) is 2.61. The van der Waals surface area contributed by atoms with Gasteiger partial charge >= 0.3 is 7.82 Å². The van der Waals surface area contributed by atoms with Crippen molar-refractivity contribution in [2.75, 3.05) is 12.3 Å². The van der Waals surface area contributed by atoms with Crippen LogP contribution in [0.15, 0.2) is 6.33 Å². The number of aromatic nitrogens is 4. The normalized spacial score (nSPS) is 37.5. The number of rotatable bonds is 3. The van der Waals surface area contributed by atoms with Crippen LogP contribution in [0, 0.1) is 0 Å². The molecule has 0 bridgehead atoms. The van der Waals surface area contributed by atoms with Crippen molar-refractivity contribution < 1.29 is 32.4 Å². The molecule has 164 valence electrons. The third kappa shape index (κ3) is 3.27. The van der Waals surface area contributed by atoms with Crippen LogP contribution in [0.2, 0.25) is 0 Å². The summed E-state index contributed by atoms with van der Waals surface area (Å²) < 4.78 is 52.7. The van der Waals surface area contributed by atoms with Crippen LogP contribution >= 0.6 is 7.82 Å². The molecule has 5 atom stereocenters. The summed E-state index contributed by atoms with van der Waals surface area (Å²) in [6, 6.07) is 0. The lowest BCUT2D eigenvalue weighted by atomic mass is 9.98. The van der Waals surface area contributed by atoms with Gasteiger partial charge in [0.15, 0.2) is 23.1 Å². The number of anilines is 1. The lowest BCUT2D eigenvalue weighted by Crippen LogP contribution is -2.45. The highest BCUT2D eigenvalue weighted by Gasteiger charge is 2.62. The van der Waals surface area contributed by atoms with Gasteiger partial charge in [-0.25, -0.2) is 13.9 Å². The number of phosphoric ester groups is 1. The van der Waals surface area contributed by atoms with E-state index in [1.807, 2.05) is 0 Å². The van der Waals surface area contributed by atoms with Gasteiger partial charge in [0.25, 0.3) is 0 Å². The number of nitrogen functional groups attached to an aromatic ring is 1. The van der Waals surface area contributed by atoms with Crippen molar-refractivity contribution in [3.63, 3.8) is 0 Å². The standard InChI is InChI=1S/C17H23FN5O6P/c1-17(18)12-10(7-26-30(25,29-12)28-9-5-3-2-4-6-9)27-15(17)23-8-20-11-13(23)21-16(19)22-14(11)24/h8-10,12,15H,2-7H2,1H3,(H3,19,21,22,24)/t10-,12-,15-,17-,30+/m1/s1. The number of phosphoric acid groups is 1. The molecule has 3 fully saturated rings. The summed E-state index contributed by atoms with van der Waals surface area (Å²) in [5, 5.41) is 9.93. The number of fused-ring (bicyclic) bond motifs is 2. The van der Waals surface area contributed by atoms with Gasteiger partial charge in [-0.15, -0.1) is 0 Å². The zero-order valence-corrected chi connectivity index (χ0v) is 17.2. The van der Waals surface area contributed by atoms with E-state index >= 15 is 4.39 Å². The minimum absolute atomic E-state index is 0.0574. The van der Waals surface area contributed by atoms with Gasteiger partial charge < -0.3 is 15.6 Å². The molecule has 0 radical (unpaired) electrons. The Balaban J connectivity index is 1.42. The molecule has 0 amide bonds. The van der Waals surface area contributed by atoms with E-state index in [0.29, 0.717) is 0 Å². The number of imidazole rings is 1. The summed E-state index contributed by atoms with van der Waals surface area (Å²) >= 11 is 0. The van der Waals surface area contributed by atoms with Gasteiger partial charge in [-0.1, -0.05) is 19.3 Å². The van der Waals surface area contributed by atoms with E-state index in [2.05, 4.69) is 15.0 Å². The van der Waals surface area contributed by atoms with Crippen molar-refractivity contribution in [2.24, 2.45) is 0 Å². The number of ether oxygens (including phenoxy) is 1. The summed E-state index contributed by atoms with van der Waals surface area (Å²) in [4.78, 5) is 11.7. The molecule has 2 aromatic heterocycles. The summed E-state index contributed by atoms with van der Waals surface area (Å²) in [6.45, 7) is 1.15. The number of hydrogen-bond donors (Lipinski definition) is 2. The Morgan fingerprint density at radius 2 is 2.13 bits per heavy atom. The topological polar surface area (TPSA) is 144 Å². The molecule has 5 rings (SSSR count). The maximum absolute atomic E-state index is 16.0. The minimum Gasteiger partial charge on any atom is -0.492 e. The first-order chi connectivity index (χ1) is 14.3. The number of nitrogens with zero attached hydrogens (tertiary/aromatic N) is 4. The number of nitrogens with two attached hydrogens (primary N) is 1. The molecular formula is C17H23FN5O6P. The maximum atomic E-state index is 16.0. The van der Waals surface area contributed by atoms with Crippen molar-refractivity contribution in [1.29, 1.82) is 0 Å². The Morgan fingerprint density at radius 1 is 1.37 bits per heavy atom. The lowest BCUT2D eigenvalue weighted by Gasteiger charge is -2.35. The predicted molar refractivity (Wildman–Crippen MR) is 101 cm³/mol. The zero-order chi connectivity index (χ0) is 21.1. The van der Waals surface area contributed by atoms with Crippen LogP contribution in [0.25, 0.3) is 11.2 Å². The quantitative estimate of drug-likeness (QED) is 0.679. The van der Waals surface area contributed by atoms with Gasteiger partial charge in [-0.2, -0.15) is 9.97 Å². The number of aromatic hydroxyl groups is 1. The molecule has 11 nitrogen and oxygen atoms in total. The number of alkyl halides is 1. The van der Waals surface area contributed by atoms with Gasteiger partial charge in [-0.3, -0.25) is 18.1 Å². The van der Waals surface area contributed by atoms with Gasteiger partial charge in [0, 0.05) is 0 Å². The highest BCUT2D eigenvalue weighted by Crippen LogP contribution is 2.60. The fourth-order valence-corrected chi connectivity index (χ4v) is 6.04. The molecule has 2 aliphatic heterocycles. The molecule has 2 saturated heterocycles. The third-order valence-electron chi connectivity index (χ3n) is 5.82. The largest absolute Gasteiger partial charge is 0.492 e. The second-order valence-electron chi connectivity index (χ2n) is 8.04. The fraction of sp³-hybridized carbons (Fsp3) is 0.706. The van der Waals surface area contributed by atoms with E-state index in [-0.39, 0.29) is 29.8 Å². The average Bonchev–Trinajstić information content (AvgIpc) is 3.21. The molecule has 3 aliphatic rings. The van der Waals surface area contributed by atoms with Gasteiger partial charge in [0.05, 0.1) is 19.0 Å². The van der Waals surface area contributed by atoms with Gasteiger partial charge in [0.2, 0.25) is 11.8 Å². The Kier molecular flexibility index (Phi) is 4.75. The average molecular weight is 443 g/mol. The monoisotopic (exact) mass is 443 g/mol. The molecule has 4 heterocycles. The minimum atomic E-state index is -3.93. The molecule has 2 aromatic rings. The Morgan fingerprint density at radius 3 is 2.90 bits per heavy atom. The van der Waals surface area contributed by atoms with Crippen molar-refractivity contribution in [1.82, 2.24) is 19.5 Å². The third-order valence-corrected chi connectivity index (χ3v) is 7.33. The van der Waals surface area contributed by atoms with Crippen molar-refractivity contribution in [3.05, 3.63) is 6.33 Å². The molecule has 0 spiro atoms. The van der Waals surface area contributed by atoms with Crippen LogP contribution in [0.4, 0.5) is 10.3 Å². The SMILES string of the molecule is C[C@@]1(F)[C@@H]2O[P@](=O)(OC3CCCCC3)OC[C@H]2O[C@H]1n1cnc2c(O)nc(N)nc21. The maximum Gasteiger partial charge on any atom is 0.475 e. The van der Waals surface area contributed by atoms with E-state index in [1.165, 1.54) is 17.8 Å². The van der Waals surface area contributed by atoms with Crippen molar-refractivity contribution in [2.45, 2.75) is 69.2 Å². The summed E-state index contributed by atoms with van der Waals surface area (Å²) in [5.41, 5.74) is 3.65. The molecule has 0 aromatic carbocycles. The van der Waals surface area contributed by atoms with Crippen LogP contribution in [0.3, 0.4) is 0 Å². The van der Waals surface area contributed by atoms with Crippen LogP contribution in [0.1, 0.15) is 45.3 Å². The Hall–Kier alpha value is -1.85. The Bertz CT molecular complexity index is 1010. The highest BCUT2D eigenvalue weighted by atomic mass is 31.2. The highest BCUT2D eigenvalue weighted by molar-refractivity contribution is 7.48. The van der Waals surface area contributed by atoms with Crippen LogP contribution < -0.4 is 5.73 Å². The molecular weight excluding hydrogens is 420 g/mol. The number of halogens is 1. The summed E-state index contributed by atoms with van der Waals surface area (Å²) in [5.74, 6) is -0.611. The second-order valence-corrected chi connectivity index (χ2v) is 9.62. The number of hydrogen-bond acceptors (Lipinski definition) is 10. The van der Waals surface area contributed by atoms with Crippen molar-refractivity contribution in [3.8, 4) is 5.88 Å². The van der Waals surface area contributed by atoms with Crippen LogP contribution in [0.5, 0.6) is 5.88 Å². The molecule has 1 aliphatic carbocycles. The van der Waals surface area contributed by atoms with E-state index < -0.39 is 37.8 Å². The van der Waals surface area contributed by atoms with Gasteiger partial charge in [-0.05, 0) is 19.8 Å². The lowest BCUT2D eigenvalue weighted by molar-refractivity contribution is -0.0763. The molecule has 0 unspecified atom stereocenters. The summed E-state index contributed by atoms with van der Waals surface area (Å²) in [7, 11) is -3.93. The Labute approximate surface area is 171 Å². The molecule has 30 heavy (non-hydrogen) atoms. The van der Waals surface area contributed by atoms with Crippen LogP contribution in [-0.2, 0) is 22.9 Å². The van der Waals surface area contributed by atoms with E-state index in [9.17, 15) is 9.67 Å². The van der Waals surface area contributed by atoms with E-state index in [1.54, 1.807) is 0 Å². The molecule has 13 heteroatoms. The smallest absolute Gasteiger partial charge is 0.475 e. The fourth-order valence-electron chi connectivity index (χ4n) is 4.34. The first kappa shape index (κ1) is 20.1.